The number of rotatable bonds is 3. The van der Waals surface area contributed by atoms with Crippen molar-refractivity contribution in [3.63, 3.8) is 0 Å². The number of carbonyl (C=O) groups excluding carboxylic acids is 1. The summed E-state index contributed by atoms with van der Waals surface area (Å²) in [6.45, 7) is 9.17. The molecule has 0 atom stereocenters. The van der Waals surface area contributed by atoms with Crippen LogP contribution in [0.25, 0.3) is 0 Å². The molecule has 1 aliphatic heterocycles. The summed E-state index contributed by atoms with van der Waals surface area (Å²) < 4.78 is 0. The van der Waals surface area contributed by atoms with E-state index in [-0.39, 0.29) is 6.03 Å². The second kappa shape index (κ2) is 4.67. The summed E-state index contributed by atoms with van der Waals surface area (Å²) in [7, 11) is 0. The van der Waals surface area contributed by atoms with Crippen LogP contribution in [0.4, 0.5) is 4.79 Å². The van der Waals surface area contributed by atoms with E-state index in [1.807, 2.05) is 4.90 Å². The van der Waals surface area contributed by atoms with Crippen LogP contribution in [0.3, 0.4) is 0 Å². The van der Waals surface area contributed by atoms with Gasteiger partial charge >= 0.3 is 6.03 Å². The lowest BCUT2D eigenvalue weighted by Crippen LogP contribution is -2.39. The SMILES string of the molecule is CCCCNC(=O)N1CCC(C)(C)C1. The summed E-state index contributed by atoms with van der Waals surface area (Å²) in [4.78, 5) is 13.5. The number of hydrogen-bond donors (Lipinski definition) is 1. The first-order chi connectivity index (χ1) is 6.55. The highest BCUT2D eigenvalue weighted by atomic mass is 16.2. The first-order valence-corrected chi connectivity index (χ1v) is 5.58. The summed E-state index contributed by atoms with van der Waals surface area (Å²) in [5.74, 6) is 0. The molecular weight excluding hydrogens is 176 g/mol. The van der Waals surface area contributed by atoms with Crippen molar-refractivity contribution >= 4 is 6.03 Å². The van der Waals surface area contributed by atoms with Gasteiger partial charge in [-0.25, -0.2) is 4.79 Å². The smallest absolute Gasteiger partial charge is 0.317 e. The van der Waals surface area contributed by atoms with Crippen molar-refractivity contribution in [2.45, 2.75) is 40.0 Å². The van der Waals surface area contributed by atoms with Crippen LogP contribution in [0.5, 0.6) is 0 Å². The molecule has 0 aliphatic carbocycles. The van der Waals surface area contributed by atoms with Crippen LogP contribution in [-0.2, 0) is 0 Å². The zero-order valence-electron chi connectivity index (χ0n) is 9.60. The molecule has 0 aromatic rings. The van der Waals surface area contributed by atoms with Crippen molar-refractivity contribution in [1.29, 1.82) is 0 Å². The summed E-state index contributed by atoms with van der Waals surface area (Å²) in [6.07, 6.45) is 3.32. The van der Waals surface area contributed by atoms with Crippen LogP contribution in [0, 0.1) is 5.41 Å². The molecule has 1 heterocycles. The third-order valence-corrected chi connectivity index (χ3v) is 2.77. The molecule has 0 unspecified atom stereocenters. The third kappa shape index (κ3) is 3.20. The minimum absolute atomic E-state index is 0.115. The van der Waals surface area contributed by atoms with E-state index in [0.717, 1.165) is 38.9 Å². The Balaban J connectivity index is 2.25. The molecule has 2 amide bonds. The van der Waals surface area contributed by atoms with Gasteiger partial charge in [0.25, 0.3) is 0 Å². The monoisotopic (exact) mass is 198 g/mol. The Bertz CT molecular complexity index is 201. The zero-order valence-corrected chi connectivity index (χ0v) is 9.60. The maximum Gasteiger partial charge on any atom is 0.317 e. The van der Waals surface area contributed by atoms with Crippen LogP contribution in [-0.4, -0.2) is 30.6 Å². The van der Waals surface area contributed by atoms with E-state index in [2.05, 4.69) is 26.1 Å². The topological polar surface area (TPSA) is 32.3 Å². The Hall–Kier alpha value is -0.730. The molecule has 0 spiro atoms. The summed E-state index contributed by atoms with van der Waals surface area (Å²) >= 11 is 0. The molecule has 1 rings (SSSR count). The van der Waals surface area contributed by atoms with E-state index in [1.54, 1.807) is 0 Å². The molecule has 0 aromatic carbocycles. The van der Waals surface area contributed by atoms with E-state index >= 15 is 0 Å². The molecule has 1 N–H and O–H groups in total. The summed E-state index contributed by atoms with van der Waals surface area (Å²) in [6, 6.07) is 0.115. The Morgan fingerprint density at radius 3 is 2.71 bits per heavy atom. The number of unbranched alkanes of at least 4 members (excludes halogenated alkanes) is 1. The molecule has 0 saturated carbocycles. The van der Waals surface area contributed by atoms with Gasteiger partial charge in [-0.05, 0) is 18.3 Å². The first kappa shape index (κ1) is 11.3. The molecule has 0 bridgehead atoms. The van der Waals surface area contributed by atoms with E-state index in [4.69, 9.17) is 0 Å². The molecule has 0 aromatic heterocycles. The quantitative estimate of drug-likeness (QED) is 0.693. The van der Waals surface area contributed by atoms with Gasteiger partial charge in [0, 0.05) is 19.6 Å². The Morgan fingerprint density at radius 1 is 1.50 bits per heavy atom. The summed E-state index contributed by atoms with van der Waals surface area (Å²) in [5, 5.41) is 2.95. The predicted molar refractivity (Wildman–Crippen MR) is 58.3 cm³/mol. The average molecular weight is 198 g/mol. The van der Waals surface area contributed by atoms with Gasteiger partial charge in [-0.3, -0.25) is 0 Å². The Morgan fingerprint density at radius 2 is 2.21 bits per heavy atom. The van der Waals surface area contributed by atoms with E-state index in [1.165, 1.54) is 0 Å². The van der Waals surface area contributed by atoms with Crippen LogP contribution >= 0.6 is 0 Å². The minimum Gasteiger partial charge on any atom is -0.338 e. The lowest BCUT2D eigenvalue weighted by molar-refractivity contribution is 0.203. The first-order valence-electron chi connectivity index (χ1n) is 5.58. The van der Waals surface area contributed by atoms with Crippen LogP contribution in [0.15, 0.2) is 0 Å². The second-order valence-electron chi connectivity index (χ2n) is 4.92. The van der Waals surface area contributed by atoms with Gasteiger partial charge in [0.2, 0.25) is 0 Å². The van der Waals surface area contributed by atoms with Crippen molar-refractivity contribution < 1.29 is 4.79 Å². The van der Waals surface area contributed by atoms with Gasteiger partial charge in [0.05, 0.1) is 0 Å². The van der Waals surface area contributed by atoms with Crippen molar-refractivity contribution in [2.75, 3.05) is 19.6 Å². The van der Waals surface area contributed by atoms with Crippen molar-refractivity contribution in [3.05, 3.63) is 0 Å². The van der Waals surface area contributed by atoms with Crippen molar-refractivity contribution in [1.82, 2.24) is 10.2 Å². The Kier molecular flexibility index (Phi) is 3.78. The fourth-order valence-electron chi connectivity index (χ4n) is 1.77. The highest BCUT2D eigenvalue weighted by Gasteiger charge is 2.31. The lowest BCUT2D eigenvalue weighted by atomic mass is 9.93. The second-order valence-corrected chi connectivity index (χ2v) is 4.92. The molecule has 1 fully saturated rings. The molecule has 3 heteroatoms. The zero-order chi connectivity index (χ0) is 10.6. The molecular formula is C11H22N2O. The highest BCUT2D eigenvalue weighted by Crippen LogP contribution is 2.28. The largest absolute Gasteiger partial charge is 0.338 e. The summed E-state index contributed by atoms with van der Waals surface area (Å²) in [5.41, 5.74) is 0.308. The van der Waals surface area contributed by atoms with Crippen LogP contribution in [0.2, 0.25) is 0 Å². The van der Waals surface area contributed by atoms with Gasteiger partial charge in [-0.2, -0.15) is 0 Å². The number of hydrogen-bond acceptors (Lipinski definition) is 1. The number of amides is 2. The normalized spacial score (nSPS) is 19.8. The molecule has 14 heavy (non-hydrogen) atoms. The lowest BCUT2D eigenvalue weighted by Gasteiger charge is -2.20. The standard InChI is InChI=1S/C11H22N2O/c1-4-5-7-12-10(14)13-8-6-11(2,3)9-13/h4-9H2,1-3H3,(H,12,14). The number of carbonyl (C=O) groups is 1. The highest BCUT2D eigenvalue weighted by molar-refractivity contribution is 5.74. The Labute approximate surface area is 86.9 Å². The number of likely N-dealkylation sites (tertiary alicyclic amines) is 1. The molecule has 0 radical (unpaired) electrons. The number of urea groups is 1. The van der Waals surface area contributed by atoms with Gasteiger partial charge in [-0.15, -0.1) is 0 Å². The van der Waals surface area contributed by atoms with E-state index < -0.39 is 0 Å². The van der Waals surface area contributed by atoms with Crippen molar-refractivity contribution in [2.24, 2.45) is 5.41 Å². The fraction of sp³-hybridized carbons (Fsp3) is 0.909. The third-order valence-electron chi connectivity index (χ3n) is 2.77. The number of nitrogens with one attached hydrogen (secondary N) is 1. The molecule has 3 nitrogen and oxygen atoms in total. The maximum absolute atomic E-state index is 11.6. The van der Waals surface area contributed by atoms with Gasteiger partial charge in [0.1, 0.15) is 0 Å². The maximum atomic E-state index is 11.6. The van der Waals surface area contributed by atoms with Crippen molar-refractivity contribution in [3.8, 4) is 0 Å². The van der Waals surface area contributed by atoms with E-state index in [9.17, 15) is 4.79 Å². The van der Waals surface area contributed by atoms with Gasteiger partial charge < -0.3 is 10.2 Å². The van der Waals surface area contributed by atoms with Gasteiger partial charge in [0.15, 0.2) is 0 Å². The molecule has 1 saturated heterocycles. The molecule has 82 valence electrons. The molecule has 1 aliphatic rings. The van der Waals surface area contributed by atoms with Gasteiger partial charge in [-0.1, -0.05) is 27.2 Å². The minimum atomic E-state index is 0.115. The number of nitrogens with zero attached hydrogens (tertiary/aromatic N) is 1. The van der Waals surface area contributed by atoms with Crippen LogP contribution in [0.1, 0.15) is 40.0 Å². The predicted octanol–water partition coefficient (Wildman–Crippen LogP) is 2.23. The fourth-order valence-corrected chi connectivity index (χ4v) is 1.77. The van der Waals surface area contributed by atoms with E-state index in [0.29, 0.717) is 5.41 Å². The van der Waals surface area contributed by atoms with Crippen LogP contribution < -0.4 is 5.32 Å². The average Bonchev–Trinajstić information content (AvgIpc) is 2.46.